The molecule has 0 saturated carbocycles. The van der Waals surface area contributed by atoms with E-state index in [1.807, 2.05) is 28.3 Å². The summed E-state index contributed by atoms with van der Waals surface area (Å²) >= 11 is 1.61. The Morgan fingerprint density at radius 2 is 2.18 bits per heavy atom. The van der Waals surface area contributed by atoms with E-state index in [1.54, 1.807) is 30.7 Å². The van der Waals surface area contributed by atoms with Crippen LogP contribution in [0.5, 0.6) is 5.75 Å². The first-order chi connectivity index (χ1) is 13.7. The maximum atomic E-state index is 11.9. The van der Waals surface area contributed by atoms with Crippen LogP contribution >= 0.6 is 11.3 Å². The van der Waals surface area contributed by atoms with E-state index in [9.17, 15) is 9.90 Å². The molecule has 0 unspecified atom stereocenters. The number of ether oxygens (including phenoxy) is 1. The first-order valence-corrected chi connectivity index (χ1v) is 9.76. The van der Waals surface area contributed by atoms with E-state index in [0.717, 1.165) is 50.6 Å². The van der Waals surface area contributed by atoms with Gasteiger partial charge in [-0.3, -0.25) is 5.10 Å². The molecular formula is C21H17N3O3S. The predicted molar refractivity (Wildman–Crippen MR) is 108 cm³/mol. The molecule has 0 atom stereocenters. The Bertz CT molecular complexity index is 1170. The first kappa shape index (κ1) is 16.8. The molecule has 4 aromatic rings. The van der Waals surface area contributed by atoms with Gasteiger partial charge in [0.1, 0.15) is 11.4 Å². The number of nitrogens with zero attached hydrogens (tertiary/aromatic N) is 2. The van der Waals surface area contributed by atoms with Crippen molar-refractivity contribution in [1.82, 2.24) is 14.8 Å². The zero-order chi connectivity index (χ0) is 19.3. The standard InChI is InChI=1S/C21H17N3O3S/c1-27-18-7-12-4-5-24-17(21(25)26)9-16(19-3-2-6-28-19)20(24)15(12)8-14(18)13-10-22-23-11-13/h2-3,6-11H,4-5H2,1H3,(H,22,23)(H,25,26). The summed E-state index contributed by atoms with van der Waals surface area (Å²) in [6, 6.07) is 9.96. The van der Waals surface area contributed by atoms with Crippen LogP contribution in [0.4, 0.5) is 0 Å². The molecule has 3 aromatic heterocycles. The predicted octanol–water partition coefficient (Wildman–Crippen LogP) is 4.54. The van der Waals surface area contributed by atoms with Crippen molar-refractivity contribution in [2.24, 2.45) is 0 Å². The van der Waals surface area contributed by atoms with Gasteiger partial charge >= 0.3 is 5.97 Å². The minimum Gasteiger partial charge on any atom is -0.496 e. The molecule has 0 amide bonds. The molecular weight excluding hydrogens is 374 g/mol. The van der Waals surface area contributed by atoms with Gasteiger partial charge in [-0.1, -0.05) is 6.07 Å². The fourth-order valence-corrected chi connectivity index (χ4v) is 4.69. The lowest BCUT2D eigenvalue weighted by Crippen LogP contribution is -2.16. The van der Waals surface area contributed by atoms with Gasteiger partial charge in [0.25, 0.3) is 0 Å². The third kappa shape index (κ3) is 2.47. The van der Waals surface area contributed by atoms with Crippen molar-refractivity contribution in [2.75, 3.05) is 7.11 Å². The van der Waals surface area contributed by atoms with Crippen LogP contribution in [0.25, 0.3) is 32.8 Å². The molecule has 0 fully saturated rings. The number of hydrogen-bond acceptors (Lipinski definition) is 4. The zero-order valence-corrected chi connectivity index (χ0v) is 15.9. The number of methoxy groups -OCH3 is 1. The number of nitrogens with one attached hydrogen (secondary N) is 1. The molecule has 28 heavy (non-hydrogen) atoms. The van der Waals surface area contributed by atoms with Crippen LogP contribution in [0.2, 0.25) is 0 Å². The highest BCUT2D eigenvalue weighted by molar-refractivity contribution is 7.13. The van der Waals surface area contributed by atoms with E-state index in [1.165, 1.54) is 0 Å². The number of thiophene rings is 1. The van der Waals surface area contributed by atoms with Gasteiger partial charge in [0.05, 0.1) is 19.0 Å². The van der Waals surface area contributed by atoms with E-state index < -0.39 is 5.97 Å². The summed E-state index contributed by atoms with van der Waals surface area (Å²) in [7, 11) is 1.66. The fourth-order valence-electron chi connectivity index (χ4n) is 3.94. The lowest BCUT2D eigenvalue weighted by atomic mass is 9.92. The normalized spacial score (nSPS) is 12.5. The molecule has 6 nitrogen and oxygen atoms in total. The van der Waals surface area contributed by atoms with Crippen LogP contribution in [-0.4, -0.2) is 33.0 Å². The van der Waals surface area contributed by atoms with Gasteiger partial charge in [-0.2, -0.15) is 5.10 Å². The lowest BCUT2D eigenvalue weighted by Gasteiger charge is -2.23. The van der Waals surface area contributed by atoms with Crippen molar-refractivity contribution >= 4 is 17.3 Å². The topological polar surface area (TPSA) is 80.1 Å². The summed E-state index contributed by atoms with van der Waals surface area (Å²) in [4.78, 5) is 12.9. The number of carboxylic acid groups (broad SMARTS) is 1. The summed E-state index contributed by atoms with van der Waals surface area (Å²) in [6.07, 6.45) is 4.34. The monoisotopic (exact) mass is 391 g/mol. The molecule has 0 radical (unpaired) electrons. The second kappa shape index (κ2) is 6.38. The molecule has 1 aliphatic heterocycles. The van der Waals surface area contributed by atoms with Gasteiger partial charge in [0.15, 0.2) is 0 Å². The Morgan fingerprint density at radius 3 is 2.86 bits per heavy atom. The molecule has 1 aromatic carbocycles. The van der Waals surface area contributed by atoms with E-state index >= 15 is 0 Å². The largest absolute Gasteiger partial charge is 0.496 e. The van der Waals surface area contributed by atoms with Crippen molar-refractivity contribution in [2.45, 2.75) is 13.0 Å². The van der Waals surface area contributed by atoms with E-state index in [2.05, 4.69) is 22.3 Å². The molecule has 2 N–H and O–H groups in total. The third-order valence-corrected chi connectivity index (χ3v) is 6.10. The number of hydrogen-bond donors (Lipinski definition) is 2. The van der Waals surface area contributed by atoms with E-state index in [4.69, 9.17) is 4.74 Å². The van der Waals surface area contributed by atoms with Gasteiger partial charge in [0, 0.05) is 39.9 Å². The van der Waals surface area contributed by atoms with Gasteiger partial charge in [-0.25, -0.2) is 4.79 Å². The van der Waals surface area contributed by atoms with Crippen molar-refractivity contribution in [3.8, 4) is 38.6 Å². The summed E-state index contributed by atoms with van der Waals surface area (Å²) in [6.45, 7) is 0.629. The molecule has 1 aliphatic rings. The van der Waals surface area contributed by atoms with Crippen LogP contribution in [0.1, 0.15) is 16.1 Å². The van der Waals surface area contributed by atoms with Gasteiger partial charge in [-0.05, 0) is 41.6 Å². The van der Waals surface area contributed by atoms with Crippen LogP contribution in [-0.2, 0) is 13.0 Å². The van der Waals surface area contributed by atoms with E-state index in [-0.39, 0.29) is 0 Å². The van der Waals surface area contributed by atoms with Crippen molar-refractivity contribution in [3.63, 3.8) is 0 Å². The number of benzene rings is 1. The van der Waals surface area contributed by atoms with Crippen LogP contribution in [0.15, 0.2) is 48.1 Å². The average molecular weight is 391 g/mol. The molecule has 0 saturated heterocycles. The smallest absolute Gasteiger partial charge is 0.352 e. The Labute approximate surface area is 165 Å². The minimum absolute atomic E-state index is 0.324. The van der Waals surface area contributed by atoms with Crippen molar-refractivity contribution in [1.29, 1.82) is 0 Å². The number of carbonyl (C=O) groups is 1. The van der Waals surface area contributed by atoms with Crippen LogP contribution in [0.3, 0.4) is 0 Å². The first-order valence-electron chi connectivity index (χ1n) is 8.88. The minimum atomic E-state index is -0.906. The van der Waals surface area contributed by atoms with Crippen molar-refractivity contribution in [3.05, 3.63) is 59.4 Å². The number of H-pyrrole nitrogens is 1. The molecule has 4 heterocycles. The second-order valence-electron chi connectivity index (χ2n) is 6.67. The Kier molecular flexibility index (Phi) is 3.84. The number of rotatable bonds is 4. The second-order valence-corrected chi connectivity index (χ2v) is 7.62. The third-order valence-electron chi connectivity index (χ3n) is 5.20. The Morgan fingerprint density at radius 1 is 1.29 bits per heavy atom. The van der Waals surface area contributed by atoms with E-state index in [0.29, 0.717) is 12.2 Å². The molecule has 0 aliphatic carbocycles. The van der Waals surface area contributed by atoms with Crippen LogP contribution < -0.4 is 4.74 Å². The number of aryl methyl sites for hydroxylation is 1. The van der Waals surface area contributed by atoms with Crippen molar-refractivity contribution < 1.29 is 14.6 Å². The Hall–Kier alpha value is -3.32. The number of aromatic carboxylic acids is 1. The SMILES string of the molecule is COc1cc2c(cc1-c1cn[nH]c1)-c1c(-c3cccs3)cc(C(=O)O)n1CC2. The molecule has 0 bridgehead atoms. The molecule has 7 heteroatoms. The van der Waals surface area contributed by atoms with Crippen LogP contribution in [0, 0.1) is 0 Å². The number of aromatic amines is 1. The average Bonchev–Trinajstić information content (AvgIpc) is 3.46. The summed E-state index contributed by atoms with van der Waals surface area (Å²) in [5.74, 6) is -0.118. The summed E-state index contributed by atoms with van der Waals surface area (Å²) in [5, 5.41) is 18.6. The maximum Gasteiger partial charge on any atom is 0.352 e. The molecule has 5 rings (SSSR count). The van der Waals surface area contributed by atoms with Gasteiger partial charge < -0.3 is 14.4 Å². The number of fused-ring (bicyclic) bond motifs is 3. The molecule has 0 spiro atoms. The fraction of sp³-hybridized carbons (Fsp3) is 0.143. The molecule has 140 valence electrons. The zero-order valence-electron chi connectivity index (χ0n) is 15.1. The van der Waals surface area contributed by atoms with Gasteiger partial charge in [-0.15, -0.1) is 11.3 Å². The summed E-state index contributed by atoms with van der Waals surface area (Å²) < 4.78 is 7.55. The quantitative estimate of drug-likeness (QED) is 0.535. The highest BCUT2D eigenvalue weighted by Gasteiger charge is 2.28. The Balaban J connectivity index is 1.81. The summed E-state index contributed by atoms with van der Waals surface area (Å²) in [5.41, 5.74) is 6.29. The highest BCUT2D eigenvalue weighted by Crippen LogP contribution is 2.45. The van der Waals surface area contributed by atoms with Gasteiger partial charge in [0.2, 0.25) is 0 Å². The number of carboxylic acids is 1. The highest BCUT2D eigenvalue weighted by atomic mass is 32.1. The lowest BCUT2D eigenvalue weighted by molar-refractivity contribution is 0.0685. The maximum absolute atomic E-state index is 11.9. The number of aromatic nitrogens is 3.